The van der Waals surface area contributed by atoms with Crippen molar-refractivity contribution in [3.8, 4) is 0 Å². The normalized spacial score (nSPS) is 15.2. The summed E-state index contributed by atoms with van der Waals surface area (Å²) in [6, 6.07) is 14.8. The summed E-state index contributed by atoms with van der Waals surface area (Å²) in [7, 11) is 0. The lowest BCUT2D eigenvalue weighted by molar-refractivity contribution is -0.133. The van der Waals surface area contributed by atoms with E-state index in [4.69, 9.17) is 27.9 Å². The maximum Gasteiger partial charge on any atom is 0.255 e. The number of benzene rings is 2. The van der Waals surface area contributed by atoms with E-state index in [-0.39, 0.29) is 47.4 Å². The first kappa shape index (κ1) is 26.6. The number of nitrogens with zero attached hydrogens (tertiary/aromatic N) is 2. The molecule has 5 nitrogen and oxygen atoms in total. The van der Waals surface area contributed by atoms with E-state index in [0.717, 1.165) is 28.2 Å². The Labute approximate surface area is 224 Å². The highest BCUT2D eigenvalue weighted by Gasteiger charge is 2.28. The van der Waals surface area contributed by atoms with E-state index in [1.54, 1.807) is 40.5 Å². The van der Waals surface area contributed by atoms with E-state index in [1.807, 2.05) is 19.1 Å². The van der Waals surface area contributed by atoms with Crippen molar-refractivity contribution in [2.24, 2.45) is 0 Å². The van der Waals surface area contributed by atoms with Gasteiger partial charge in [0.2, 0.25) is 5.91 Å². The molecule has 3 aromatic rings. The number of hydrogen-bond donors (Lipinski definition) is 0. The Kier molecular flexibility index (Phi) is 9.01. The molecule has 1 aromatic heterocycles. The molecule has 4 rings (SSSR count). The van der Waals surface area contributed by atoms with Crippen LogP contribution in [0.4, 0.5) is 4.39 Å². The van der Waals surface area contributed by atoms with Crippen LogP contribution in [0.2, 0.25) is 10.0 Å². The molecule has 1 aliphatic rings. The third kappa shape index (κ3) is 7.07. The summed E-state index contributed by atoms with van der Waals surface area (Å²) >= 11 is 14.0. The molecule has 1 aliphatic heterocycles. The standard InChI is InChI=1S/C27H27Cl2FN2O3S/c1-18-4-10-23(36-18)16-31(14-19-5-8-21(30)9-6-19)26(33)17-32(15-22-3-2-12-35-22)27(34)24-11-7-20(28)13-25(24)29/h4-11,13,22H,2-3,12,14-17H2,1H3/t22-/m0/s1. The molecule has 0 N–H and O–H groups in total. The van der Waals surface area contributed by atoms with Crippen LogP contribution in [0.25, 0.3) is 0 Å². The summed E-state index contributed by atoms with van der Waals surface area (Å²) in [4.78, 5) is 32.5. The number of rotatable bonds is 9. The molecule has 0 aliphatic carbocycles. The van der Waals surface area contributed by atoms with Gasteiger partial charge in [-0.05, 0) is 67.8 Å². The molecular weight excluding hydrogens is 522 g/mol. The molecule has 2 aromatic carbocycles. The average Bonchev–Trinajstić information content (AvgIpc) is 3.50. The Hall–Kier alpha value is -2.45. The van der Waals surface area contributed by atoms with Gasteiger partial charge in [-0.15, -0.1) is 11.3 Å². The second kappa shape index (κ2) is 12.2. The van der Waals surface area contributed by atoms with Gasteiger partial charge >= 0.3 is 0 Å². The molecule has 0 unspecified atom stereocenters. The van der Waals surface area contributed by atoms with E-state index >= 15 is 0 Å². The fourth-order valence-corrected chi connectivity index (χ4v) is 5.55. The third-order valence-corrected chi connectivity index (χ3v) is 7.54. The van der Waals surface area contributed by atoms with Crippen molar-refractivity contribution in [1.29, 1.82) is 0 Å². The van der Waals surface area contributed by atoms with Gasteiger partial charge in [0.1, 0.15) is 12.4 Å². The number of ether oxygens (including phenoxy) is 1. The monoisotopic (exact) mass is 548 g/mol. The van der Waals surface area contributed by atoms with Crippen LogP contribution in [0.3, 0.4) is 0 Å². The Bertz CT molecular complexity index is 1210. The average molecular weight is 549 g/mol. The molecule has 2 heterocycles. The van der Waals surface area contributed by atoms with Crippen molar-refractivity contribution in [3.05, 3.63) is 91.3 Å². The fraction of sp³-hybridized carbons (Fsp3) is 0.333. The maximum atomic E-state index is 13.7. The number of carbonyl (C=O) groups is 2. The zero-order valence-electron chi connectivity index (χ0n) is 19.9. The molecule has 36 heavy (non-hydrogen) atoms. The van der Waals surface area contributed by atoms with Crippen LogP contribution in [-0.2, 0) is 22.6 Å². The van der Waals surface area contributed by atoms with Crippen LogP contribution in [0, 0.1) is 12.7 Å². The molecule has 0 bridgehead atoms. The molecule has 190 valence electrons. The van der Waals surface area contributed by atoms with E-state index in [2.05, 4.69) is 0 Å². The molecule has 1 fully saturated rings. The summed E-state index contributed by atoms with van der Waals surface area (Å²) in [6.45, 7) is 3.47. The van der Waals surface area contributed by atoms with Crippen LogP contribution in [-0.4, -0.2) is 47.4 Å². The highest BCUT2D eigenvalue weighted by molar-refractivity contribution is 7.11. The summed E-state index contributed by atoms with van der Waals surface area (Å²) in [5.41, 5.74) is 1.08. The first-order chi connectivity index (χ1) is 17.3. The number of hydrogen-bond acceptors (Lipinski definition) is 4. The van der Waals surface area contributed by atoms with E-state index < -0.39 is 0 Å². The van der Waals surface area contributed by atoms with Crippen LogP contribution < -0.4 is 0 Å². The lowest BCUT2D eigenvalue weighted by atomic mass is 10.1. The lowest BCUT2D eigenvalue weighted by Gasteiger charge is -2.29. The minimum Gasteiger partial charge on any atom is -0.376 e. The zero-order chi connectivity index (χ0) is 25.7. The van der Waals surface area contributed by atoms with Gasteiger partial charge in [-0.1, -0.05) is 35.3 Å². The van der Waals surface area contributed by atoms with Crippen molar-refractivity contribution < 1.29 is 18.7 Å². The highest BCUT2D eigenvalue weighted by atomic mass is 35.5. The van der Waals surface area contributed by atoms with E-state index in [0.29, 0.717) is 24.7 Å². The second-order valence-corrected chi connectivity index (χ2v) is 11.0. The highest BCUT2D eigenvalue weighted by Crippen LogP contribution is 2.24. The smallest absolute Gasteiger partial charge is 0.255 e. The number of aryl methyl sites for hydroxylation is 1. The van der Waals surface area contributed by atoms with Gasteiger partial charge in [0.05, 0.1) is 23.2 Å². The first-order valence-corrected chi connectivity index (χ1v) is 13.3. The number of halogens is 3. The predicted molar refractivity (Wildman–Crippen MR) is 141 cm³/mol. The summed E-state index contributed by atoms with van der Waals surface area (Å²) in [5, 5.41) is 0.657. The van der Waals surface area contributed by atoms with Gasteiger partial charge in [-0.2, -0.15) is 0 Å². The largest absolute Gasteiger partial charge is 0.376 e. The van der Waals surface area contributed by atoms with Gasteiger partial charge in [0, 0.05) is 34.5 Å². The molecule has 9 heteroatoms. The van der Waals surface area contributed by atoms with E-state index in [9.17, 15) is 14.0 Å². The molecular formula is C27H27Cl2FN2O3S. The van der Waals surface area contributed by atoms with Crippen LogP contribution >= 0.6 is 34.5 Å². The van der Waals surface area contributed by atoms with Crippen LogP contribution in [0.1, 0.15) is 38.5 Å². The van der Waals surface area contributed by atoms with Gasteiger partial charge in [-0.3, -0.25) is 9.59 Å². The molecule has 1 saturated heterocycles. The number of amides is 2. The van der Waals surface area contributed by atoms with E-state index in [1.165, 1.54) is 23.1 Å². The Morgan fingerprint density at radius 2 is 1.83 bits per heavy atom. The molecule has 0 radical (unpaired) electrons. The Balaban J connectivity index is 1.57. The summed E-state index contributed by atoms with van der Waals surface area (Å²) < 4.78 is 19.2. The molecule has 1 atom stereocenters. The van der Waals surface area contributed by atoms with Gasteiger partial charge in [-0.25, -0.2) is 4.39 Å². The van der Waals surface area contributed by atoms with Gasteiger partial charge < -0.3 is 14.5 Å². The summed E-state index contributed by atoms with van der Waals surface area (Å²) in [5.74, 6) is -0.908. The van der Waals surface area contributed by atoms with Crippen molar-refractivity contribution in [2.45, 2.75) is 39.0 Å². The van der Waals surface area contributed by atoms with Crippen molar-refractivity contribution in [2.75, 3.05) is 19.7 Å². The maximum absolute atomic E-state index is 13.7. The van der Waals surface area contributed by atoms with Crippen LogP contribution in [0.5, 0.6) is 0 Å². The Morgan fingerprint density at radius 3 is 2.47 bits per heavy atom. The molecule has 0 saturated carbocycles. The zero-order valence-corrected chi connectivity index (χ0v) is 22.2. The third-order valence-electron chi connectivity index (χ3n) is 6.00. The molecule has 0 spiro atoms. The minimum absolute atomic E-state index is 0.136. The first-order valence-electron chi connectivity index (χ1n) is 11.7. The van der Waals surface area contributed by atoms with Gasteiger partial charge in [0.15, 0.2) is 0 Å². The van der Waals surface area contributed by atoms with Crippen LogP contribution in [0.15, 0.2) is 54.6 Å². The van der Waals surface area contributed by atoms with Gasteiger partial charge in [0.25, 0.3) is 5.91 Å². The quantitative estimate of drug-likeness (QED) is 0.313. The number of thiophene rings is 1. The second-order valence-electron chi connectivity index (χ2n) is 8.83. The Morgan fingerprint density at radius 1 is 1.06 bits per heavy atom. The fourth-order valence-electron chi connectivity index (χ4n) is 4.15. The minimum atomic E-state index is -0.353. The topological polar surface area (TPSA) is 49.9 Å². The van der Waals surface area contributed by atoms with Crippen molar-refractivity contribution in [3.63, 3.8) is 0 Å². The number of carbonyl (C=O) groups excluding carboxylic acids is 2. The molecule has 2 amide bonds. The van der Waals surface area contributed by atoms with Crippen molar-refractivity contribution in [1.82, 2.24) is 9.80 Å². The SMILES string of the molecule is Cc1ccc(CN(Cc2ccc(F)cc2)C(=O)CN(C[C@@H]2CCCO2)C(=O)c2ccc(Cl)cc2Cl)s1. The predicted octanol–water partition coefficient (Wildman–Crippen LogP) is 6.35. The van der Waals surface area contributed by atoms with Crippen molar-refractivity contribution >= 4 is 46.4 Å². The lowest BCUT2D eigenvalue weighted by Crippen LogP contribution is -2.45. The summed E-state index contributed by atoms with van der Waals surface area (Å²) in [6.07, 6.45) is 1.59.